The second kappa shape index (κ2) is 5.77. The highest BCUT2D eigenvalue weighted by atomic mass is 32.1. The highest BCUT2D eigenvalue weighted by Crippen LogP contribution is 2.42. The average molecular weight is 356 g/mol. The van der Waals surface area contributed by atoms with Gasteiger partial charge in [-0.3, -0.25) is 4.79 Å². The lowest BCUT2D eigenvalue weighted by Gasteiger charge is -2.29. The summed E-state index contributed by atoms with van der Waals surface area (Å²) in [6.07, 6.45) is 4.01. The third kappa shape index (κ3) is 2.80. The topological polar surface area (TPSA) is 61.4 Å². The number of hydrogen-bond donors (Lipinski definition) is 3. The summed E-state index contributed by atoms with van der Waals surface area (Å²) in [5.74, 6) is 0.175. The van der Waals surface area contributed by atoms with E-state index < -0.39 is 6.17 Å². The molecule has 25 heavy (non-hydrogen) atoms. The number of benzene rings is 1. The summed E-state index contributed by atoms with van der Waals surface area (Å²) in [6, 6.07) is 5.66. The molecule has 2 aromatic rings. The van der Waals surface area contributed by atoms with Crippen molar-refractivity contribution in [1.82, 2.24) is 5.32 Å². The predicted molar refractivity (Wildman–Crippen MR) is 102 cm³/mol. The molecule has 0 spiro atoms. The third-order valence-corrected chi connectivity index (χ3v) is 6.38. The number of anilines is 1. The summed E-state index contributed by atoms with van der Waals surface area (Å²) in [5, 5.41) is 17.8. The van der Waals surface area contributed by atoms with Crippen molar-refractivity contribution in [3.8, 4) is 5.75 Å². The van der Waals surface area contributed by atoms with E-state index in [0.717, 1.165) is 41.0 Å². The van der Waals surface area contributed by atoms with E-state index in [0.29, 0.717) is 0 Å². The molecule has 1 amide bonds. The van der Waals surface area contributed by atoms with Crippen molar-refractivity contribution in [2.75, 3.05) is 5.32 Å². The average Bonchev–Trinajstić information content (AvgIpc) is 2.92. The molecule has 1 aromatic heterocycles. The first kappa shape index (κ1) is 16.5. The van der Waals surface area contributed by atoms with Crippen LogP contribution in [0, 0.1) is 0 Å². The molecule has 1 aliphatic heterocycles. The van der Waals surface area contributed by atoms with Crippen LogP contribution in [-0.2, 0) is 18.3 Å². The van der Waals surface area contributed by atoms with Crippen LogP contribution in [0.1, 0.15) is 71.7 Å². The van der Waals surface area contributed by atoms with Gasteiger partial charge in [0.1, 0.15) is 16.9 Å². The quantitative estimate of drug-likeness (QED) is 0.706. The smallest absolute Gasteiger partial charge is 0.256 e. The van der Waals surface area contributed by atoms with Gasteiger partial charge in [0.15, 0.2) is 0 Å². The number of carbonyl (C=O) groups is 1. The first-order valence-corrected chi connectivity index (χ1v) is 9.71. The van der Waals surface area contributed by atoms with Crippen LogP contribution < -0.4 is 10.6 Å². The van der Waals surface area contributed by atoms with E-state index >= 15 is 0 Å². The molecule has 2 aliphatic rings. The molecule has 132 valence electrons. The molecule has 1 atom stereocenters. The van der Waals surface area contributed by atoms with Gasteiger partial charge in [-0.2, -0.15) is 0 Å². The Hall–Kier alpha value is -2.01. The summed E-state index contributed by atoms with van der Waals surface area (Å²) >= 11 is 1.70. The summed E-state index contributed by atoms with van der Waals surface area (Å²) in [5.41, 5.74) is 3.88. The fourth-order valence-corrected chi connectivity index (χ4v) is 5.00. The lowest BCUT2D eigenvalue weighted by Crippen LogP contribution is -2.38. The number of aromatic hydroxyl groups is 1. The highest BCUT2D eigenvalue weighted by molar-refractivity contribution is 7.16. The first-order chi connectivity index (χ1) is 11.8. The Kier molecular flexibility index (Phi) is 3.80. The summed E-state index contributed by atoms with van der Waals surface area (Å²) in [4.78, 5) is 14.1. The van der Waals surface area contributed by atoms with Crippen LogP contribution in [0.4, 0.5) is 5.00 Å². The van der Waals surface area contributed by atoms with E-state index in [1.807, 2.05) is 12.1 Å². The van der Waals surface area contributed by atoms with Crippen LogP contribution in [0.3, 0.4) is 0 Å². The molecular weight excluding hydrogens is 332 g/mol. The van der Waals surface area contributed by atoms with Crippen molar-refractivity contribution in [2.45, 2.75) is 58.0 Å². The number of phenols is 1. The number of amides is 1. The molecule has 3 N–H and O–H groups in total. The number of nitrogens with one attached hydrogen (secondary N) is 2. The van der Waals surface area contributed by atoms with Crippen molar-refractivity contribution >= 4 is 22.2 Å². The number of thiophene rings is 1. The van der Waals surface area contributed by atoms with Gasteiger partial charge < -0.3 is 15.7 Å². The van der Waals surface area contributed by atoms with Crippen LogP contribution in [0.2, 0.25) is 0 Å². The fourth-order valence-electron chi connectivity index (χ4n) is 3.69. The number of aryl methyl sites for hydroxylation is 1. The largest absolute Gasteiger partial charge is 0.508 e. The number of carbonyl (C=O) groups excluding carboxylic acids is 1. The van der Waals surface area contributed by atoms with Crippen LogP contribution in [0.5, 0.6) is 5.75 Å². The normalized spacial score (nSPS) is 19.6. The van der Waals surface area contributed by atoms with Gasteiger partial charge in [0.2, 0.25) is 0 Å². The molecule has 2 heterocycles. The molecule has 1 aromatic carbocycles. The molecule has 1 aliphatic carbocycles. The summed E-state index contributed by atoms with van der Waals surface area (Å²) in [7, 11) is 0. The van der Waals surface area contributed by atoms with Gasteiger partial charge in [0.25, 0.3) is 5.91 Å². The zero-order valence-corrected chi connectivity index (χ0v) is 15.7. The van der Waals surface area contributed by atoms with Gasteiger partial charge in [-0.1, -0.05) is 26.8 Å². The minimum Gasteiger partial charge on any atom is -0.508 e. The molecule has 4 nitrogen and oxygen atoms in total. The van der Waals surface area contributed by atoms with E-state index in [1.165, 1.54) is 16.9 Å². The number of rotatable bonds is 1. The third-order valence-electron chi connectivity index (χ3n) is 5.15. The minimum absolute atomic E-state index is 0.0195. The maximum Gasteiger partial charge on any atom is 0.256 e. The van der Waals surface area contributed by atoms with Gasteiger partial charge in [0.05, 0.1) is 5.56 Å². The molecule has 0 fully saturated rings. The monoisotopic (exact) mass is 356 g/mol. The maximum atomic E-state index is 12.8. The van der Waals surface area contributed by atoms with Crippen molar-refractivity contribution in [3.63, 3.8) is 0 Å². The molecular formula is C20H24N2O2S. The van der Waals surface area contributed by atoms with Gasteiger partial charge in [0, 0.05) is 10.4 Å². The summed E-state index contributed by atoms with van der Waals surface area (Å²) < 4.78 is 0. The SMILES string of the molecule is CC(C)(C)c1ccc(O)c(C2NC(=O)c3c(sc4c3CCCC4)N2)c1. The first-order valence-electron chi connectivity index (χ1n) is 8.90. The number of fused-ring (bicyclic) bond motifs is 3. The lowest BCUT2D eigenvalue weighted by molar-refractivity contribution is 0.0935. The van der Waals surface area contributed by atoms with Gasteiger partial charge >= 0.3 is 0 Å². The van der Waals surface area contributed by atoms with Crippen molar-refractivity contribution in [2.24, 2.45) is 0 Å². The summed E-state index contributed by atoms with van der Waals surface area (Å²) in [6.45, 7) is 6.42. The molecule has 1 unspecified atom stereocenters. The van der Waals surface area contributed by atoms with Crippen LogP contribution in [-0.4, -0.2) is 11.0 Å². The van der Waals surface area contributed by atoms with Gasteiger partial charge in [-0.25, -0.2) is 0 Å². The lowest BCUT2D eigenvalue weighted by atomic mass is 9.85. The molecule has 0 saturated heterocycles. The molecule has 4 rings (SSSR count). The predicted octanol–water partition coefficient (Wildman–Crippen LogP) is 4.48. The highest BCUT2D eigenvalue weighted by Gasteiger charge is 2.33. The zero-order valence-electron chi connectivity index (χ0n) is 14.9. The van der Waals surface area contributed by atoms with Crippen LogP contribution in [0.15, 0.2) is 18.2 Å². The Balaban J connectivity index is 1.72. The van der Waals surface area contributed by atoms with Crippen LogP contribution in [0.25, 0.3) is 0 Å². The van der Waals surface area contributed by atoms with E-state index in [4.69, 9.17) is 0 Å². The van der Waals surface area contributed by atoms with Crippen molar-refractivity contribution in [1.29, 1.82) is 0 Å². The van der Waals surface area contributed by atoms with Crippen LogP contribution >= 0.6 is 11.3 Å². The van der Waals surface area contributed by atoms with Crippen molar-refractivity contribution in [3.05, 3.63) is 45.3 Å². The Labute approximate surface area is 152 Å². The molecule has 0 radical (unpaired) electrons. The van der Waals surface area contributed by atoms with E-state index in [-0.39, 0.29) is 17.1 Å². The van der Waals surface area contributed by atoms with E-state index in [1.54, 1.807) is 17.4 Å². The Morgan fingerprint density at radius 1 is 1.16 bits per heavy atom. The zero-order chi connectivity index (χ0) is 17.8. The minimum atomic E-state index is -0.401. The second-order valence-electron chi connectivity index (χ2n) is 7.99. The molecule has 0 saturated carbocycles. The molecule has 0 bridgehead atoms. The Bertz CT molecular complexity index is 848. The van der Waals surface area contributed by atoms with E-state index in [9.17, 15) is 9.90 Å². The van der Waals surface area contributed by atoms with Gasteiger partial charge in [-0.05, 0) is 54.4 Å². The number of hydrogen-bond acceptors (Lipinski definition) is 4. The Morgan fingerprint density at radius 2 is 1.92 bits per heavy atom. The Morgan fingerprint density at radius 3 is 2.68 bits per heavy atom. The molecule has 5 heteroatoms. The van der Waals surface area contributed by atoms with Gasteiger partial charge in [-0.15, -0.1) is 11.3 Å². The second-order valence-corrected chi connectivity index (χ2v) is 9.09. The van der Waals surface area contributed by atoms with E-state index in [2.05, 4.69) is 31.4 Å². The van der Waals surface area contributed by atoms with Crippen molar-refractivity contribution < 1.29 is 9.90 Å². The maximum absolute atomic E-state index is 12.8. The fraction of sp³-hybridized carbons (Fsp3) is 0.450. The number of phenolic OH excluding ortho intramolecular Hbond substituents is 1. The standard InChI is InChI=1S/C20H24N2O2S/c1-20(2,3)11-8-9-14(23)13(10-11)17-21-18(24)16-12-6-4-5-7-15(12)25-19(16)22-17/h8-10,17,22-23H,4-7H2,1-3H3,(H,21,24).